The van der Waals surface area contributed by atoms with Gasteiger partial charge in [-0.3, -0.25) is 4.79 Å². The van der Waals surface area contributed by atoms with Gasteiger partial charge in [-0.1, -0.05) is 12.1 Å². The van der Waals surface area contributed by atoms with E-state index in [9.17, 15) is 9.18 Å². The summed E-state index contributed by atoms with van der Waals surface area (Å²) in [6, 6.07) is 16.5. The van der Waals surface area contributed by atoms with Crippen LogP contribution in [0.2, 0.25) is 0 Å². The van der Waals surface area contributed by atoms with Crippen LogP contribution in [0.15, 0.2) is 60.7 Å². The molecule has 1 heterocycles. The van der Waals surface area contributed by atoms with Crippen LogP contribution in [-0.2, 0) is 11.2 Å². The first-order chi connectivity index (χ1) is 12.6. The molecule has 2 aromatic carbocycles. The minimum absolute atomic E-state index is 0.191. The largest absolute Gasteiger partial charge is 0.497 e. The lowest BCUT2D eigenvalue weighted by molar-refractivity contribution is -0.115. The van der Waals surface area contributed by atoms with Crippen LogP contribution in [0.5, 0.6) is 5.75 Å². The summed E-state index contributed by atoms with van der Waals surface area (Å²) in [6.45, 7) is 0. The topological polar surface area (TPSA) is 76.1 Å². The first kappa shape index (κ1) is 17.3. The van der Waals surface area contributed by atoms with Crippen LogP contribution in [0.25, 0.3) is 0 Å². The van der Waals surface area contributed by atoms with E-state index in [0.29, 0.717) is 17.3 Å². The smallest absolute Gasteiger partial charge is 0.229 e. The number of benzene rings is 2. The Kier molecular flexibility index (Phi) is 5.38. The zero-order valence-corrected chi connectivity index (χ0v) is 14.1. The number of halogens is 1. The molecule has 0 bridgehead atoms. The third-order valence-electron chi connectivity index (χ3n) is 3.57. The molecule has 3 rings (SSSR count). The number of ether oxygens (including phenoxy) is 1. The van der Waals surface area contributed by atoms with Gasteiger partial charge in [0, 0.05) is 5.69 Å². The van der Waals surface area contributed by atoms with Crippen LogP contribution in [0.4, 0.5) is 21.7 Å². The van der Waals surface area contributed by atoms with Gasteiger partial charge in [-0.25, -0.2) is 4.39 Å². The van der Waals surface area contributed by atoms with Crippen molar-refractivity contribution in [1.82, 2.24) is 10.2 Å². The number of hydrogen-bond acceptors (Lipinski definition) is 5. The Bertz CT molecular complexity index is 866. The maximum atomic E-state index is 12.9. The van der Waals surface area contributed by atoms with Crippen molar-refractivity contribution in [2.45, 2.75) is 6.42 Å². The lowest BCUT2D eigenvalue weighted by Gasteiger charge is -2.07. The van der Waals surface area contributed by atoms with Crippen LogP contribution >= 0.6 is 0 Å². The maximum Gasteiger partial charge on any atom is 0.229 e. The predicted octanol–water partition coefficient (Wildman–Crippen LogP) is 3.55. The fourth-order valence-corrected chi connectivity index (χ4v) is 2.26. The van der Waals surface area contributed by atoms with Crippen molar-refractivity contribution in [3.8, 4) is 5.75 Å². The minimum atomic E-state index is -0.309. The maximum absolute atomic E-state index is 12.9. The molecule has 1 amide bonds. The number of hydrogen-bond donors (Lipinski definition) is 2. The first-order valence-electron chi connectivity index (χ1n) is 7.91. The number of rotatable bonds is 6. The van der Waals surface area contributed by atoms with Gasteiger partial charge in [-0.2, -0.15) is 0 Å². The van der Waals surface area contributed by atoms with Crippen molar-refractivity contribution >= 4 is 23.2 Å². The summed E-state index contributed by atoms with van der Waals surface area (Å²) < 4.78 is 18.0. The standard InChI is InChI=1S/C19H17FN4O2/c1-26-16-8-2-13(3-9-16)12-19(25)22-18-11-10-17(23-24-18)21-15-6-4-14(20)5-7-15/h2-11H,12H2,1H3,(H,21,23)(H,22,24,25). The molecule has 132 valence electrons. The molecule has 0 radical (unpaired) electrons. The highest BCUT2D eigenvalue weighted by Crippen LogP contribution is 2.16. The van der Waals surface area contributed by atoms with E-state index >= 15 is 0 Å². The van der Waals surface area contributed by atoms with Gasteiger partial charge < -0.3 is 15.4 Å². The van der Waals surface area contributed by atoms with Crippen LogP contribution < -0.4 is 15.4 Å². The molecule has 0 atom stereocenters. The molecule has 0 aliphatic rings. The lowest BCUT2D eigenvalue weighted by atomic mass is 10.1. The highest BCUT2D eigenvalue weighted by molar-refractivity contribution is 5.91. The summed E-state index contributed by atoms with van der Waals surface area (Å²) in [7, 11) is 1.59. The summed E-state index contributed by atoms with van der Waals surface area (Å²) >= 11 is 0. The SMILES string of the molecule is COc1ccc(CC(=O)Nc2ccc(Nc3ccc(F)cc3)nn2)cc1. The van der Waals surface area contributed by atoms with E-state index in [-0.39, 0.29) is 18.1 Å². The molecule has 0 saturated carbocycles. The van der Waals surface area contributed by atoms with E-state index in [0.717, 1.165) is 11.3 Å². The highest BCUT2D eigenvalue weighted by atomic mass is 19.1. The van der Waals surface area contributed by atoms with Crippen molar-refractivity contribution in [1.29, 1.82) is 0 Å². The molecule has 6 nitrogen and oxygen atoms in total. The highest BCUT2D eigenvalue weighted by Gasteiger charge is 2.06. The second-order valence-corrected chi connectivity index (χ2v) is 5.51. The number of anilines is 3. The van der Waals surface area contributed by atoms with Crippen LogP contribution in [0, 0.1) is 5.82 Å². The molecule has 26 heavy (non-hydrogen) atoms. The van der Waals surface area contributed by atoms with E-state index in [2.05, 4.69) is 20.8 Å². The molecule has 0 unspecified atom stereocenters. The number of methoxy groups -OCH3 is 1. The fraction of sp³-hybridized carbons (Fsp3) is 0.105. The van der Waals surface area contributed by atoms with Crippen LogP contribution in [0.3, 0.4) is 0 Å². The quantitative estimate of drug-likeness (QED) is 0.709. The van der Waals surface area contributed by atoms with Gasteiger partial charge >= 0.3 is 0 Å². The predicted molar refractivity (Wildman–Crippen MR) is 97.0 cm³/mol. The molecule has 7 heteroatoms. The van der Waals surface area contributed by atoms with Crippen LogP contribution in [0.1, 0.15) is 5.56 Å². The molecular formula is C19H17FN4O2. The Morgan fingerprint density at radius 1 is 0.962 bits per heavy atom. The number of nitrogens with one attached hydrogen (secondary N) is 2. The van der Waals surface area contributed by atoms with E-state index in [1.807, 2.05) is 12.1 Å². The molecule has 0 saturated heterocycles. The van der Waals surface area contributed by atoms with Crippen molar-refractivity contribution in [3.05, 3.63) is 72.0 Å². The summed E-state index contributed by atoms with van der Waals surface area (Å²) in [5, 5.41) is 13.6. The normalized spacial score (nSPS) is 10.2. The van der Waals surface area contributed by atoms with Gasteiger partial charge in [0.05, 0.1) is 13.5 Å². The van der Waals surface area contributed by atoms with E-state index in [1.165, 1.54) is 12.1 Å². The van der Waals surface area contributed by atoms with Gasteiger partial charge in [0.1, 0.15) is 11.6 Å². The van der Waals surface area contributed by atoms with E-state index in [4.69, 9.17) is 4.74 Å². The second-order valence-electron chi connectivity index (χ2n) is 5.51. The monoisotopic (exact) mass is 352 g/mol. The Balaban J connectivity index is 1.56. The van der Waals surface area contributed by atoms with E-state index < -0.39 is 0 Å². The number of carbonyl (C=O) groups is 1. The molecule has 0 spiro atoms. The van der Waals surface area contributed by atoms with Crippen molar-refractivity contribution in [2.75, 3.05) is 17.7 Å². The molecule has 0 fully saturated rings. The Hall–Kier alpha value is -3.48. The third-order valence-corrected chi connectivity index (χ3v) is 3.57. The molecular weight excluding hydrogens is 335 g/mol. The molecule has 2 N–H and O–H groups in total. The second kappa shape index (κ2) is 8.06. The molecule has 3 aromatic rings. The summed E-state index contributed by atoms with van der Waals surface area (Å²) in [5.41, 5.74) is 1.56. The summed E-state index contributed by atoms with van der Waals surface area (Å²) in [6.07, 6.45) is 0.223. The van der Waals surface area contributed by atoms with Gasteiger partial charge in [0.15, 0.2) is 11.6 Å². The fourth-order valence-electron chi connectivity index (χ4n) is 2.26. The van der Waals surface area contributed by atoms with Crippen molar-refractivity contribution < 1.29 is 13.9 Å². The zero-order chi connectivity index (χ0) is 18.4. The molecule has 1 aromatic heterocycles. The van der Waals surface area contributed by atoms with Gasteiger partial charge in [-0.15, -0.1) is 10.2 Å². The van der Waals surface area contributed by atoms with Gasteiger partial charge in [-0.05, 0) is 54.1 Å². The average molecular weight is 352 g/mol. The Morgan fingerprint density at radius 2 is 1.62 bits per heavy atom. The zero-order valence-electron chi connectivity index (χ0n) is 14.1. The van der Waals surface area contributed by atoms with E-state index in [1.54, 1.807) is 43.5 Å². The molecule has 0 aliphatic heterocycles. The number of aromatic nitrogens is 2. The summed E-state index contributed by atoms with van der Waals surface area (Å²) in [5.74, 6) is 1.09. The van der Waals surface area contributed by atoms with Gasteiger partial charge in [0.2, 0.25) is 5.91 Å². The first-order valence-corrected chi connectivity index (χ1v) is 7.91. The summed E-state index contributed by atoms with van der Waals surface area (Å²) in [4.78, 5) is 12.1. The minimum Gasteiger partial charge on any atom is -0.497 e. The third kappa shape index (κ3) is 4.76. The Labute approximate surface area is 150 Å². The Morgan fingerprint density at radius 3 is 2.23 bits per heavy atom. The average Bonchev–Trinajstić information content (AvgIpc) is 2.66. The number of amides is 1. The van der Waals surface area contributed by atoms with Crippen molar-refractivity contribution in [2.24, 2.45) is 0 Å². The van der Waals surface area contributed by atoms with Gasteiger partial charge in [0.25, 0.3) is 0 Å². The number of carbonyl (C=O) groups excluding carboxylic acids is 1. The lowest BCUT2D eigenvalue weighted by Crippen LogP contribution is -2.15. The van der Waals surface area contributed by atoms with Crippen molar-refractivity contribution in [3.63, 3.8) is 0 Å². The number of nitrogens with zero attached hydrogens (tertiary/aromatic N) is 2. The van der Waals surface area contributed by atoms with Crippen LogP contribution in [-0.4, -0.2) is 23.2 Å². The molecule has 0 aliphatic carbocycles.